The molecule has 0 aliphatic heterocycles. The molecule has 3 aromatic rings. The van der Waals surface area contributed by atoms with Crippen LogP contribution in [0.25, 0.3) is 11.3 Å². The number of methoxy groups -OCH3 is 1. The minimum atomic E-state index is -1.32. The van der Waals surface area contributed by atoms with E-state index in [1.54, 1.807) is 6.07 Å². The van der Waals surface area contributed by atoms with Crippen molar-refractivity contribution in [2.24, 2.45) is 0 Å². The maximum absolute atomic E-state index is 12.3. The van der Waals surface area contributed by atoms with Crippen molar-refractivity contribution in [3.05, 3.63) is 76.0 Å². The number of amides is 1. The SMILES string of the molecule is COc1ccc(-c2ccc(C(=O)Nc3ccc(C(=O)[O-])cc3)o2)c([N+](=O)[O-])c1. The maximum atomic E-state index is 12.3. The molecule has 0 unspecified atom stereocenters. The summed E-state index contributed by atoms with van der Waals surface area (Å²) in [5.74, 6) is -1.52. The van der Waals surface area contributed by atoms with Crippen molar-refractivity contribution in [1.82, 2.24) is 0 Å². The molecule has 142 valence electrons. The lowest BCUT2D eigenvalue weighted by molar-refractivity contribution is -0.384. The average Bonchev–Trinajstić information content (AvgIpc) is 3.18. The predicted octanol–water partition coefficient (Wildman–Crippen LogP) is 2.48. The zero-order valence-corrected chi connectivity index (χ0v) is 14.5. The highest BCUT2D eigenvalue weighted by atomic mass is 16.6. The van der Waals surface area contributed by atoms with Crippen LogP contribution in [0.4, 0.5) is 11.4 Å². The molecule has 0 radical (unpaired) electrons. The maximum Gasteiger partial charge on any atom is 0.291 e. The summed E-state index contributed by atoms with van der Waals surface area (Å²) in [7, 11) is 1.40. The number of nitro benzene ring substituents is 1. The van der Waals surface area contributed by atoms with Gasteiger partial charge in [-0.15, -0.1) is 0 Å². The number of carbonyl (C=O) groups excluding carboxylic acids is 2. The molecule has 3 rings (SSSR count). The van der Waals surface area contributed by atoms with E-state index in [0.717, 1.165) is 0 Å². The van der Waals surface area contributed by atoms with Crippen LogP contribution in [0.15, 0.2) is 59.0 Å². The molecular formula is C19H13N2O7-. The van der Waals surface area contributed by atoms with Crippen molar-refractivity contribution in [3.63, 3.8) is 0 Å². The molecular weight excluding hydrogens is 368 g/mol. The summed E-state index contributed by atoms with van der Waals surface area (Å²) in [5, 5.41) is 24.6. The van der Waals surface area contributed by atoms with Gasteiger partial charge in [-0.1, -0.05) is 12.1 Å². The third-order valence-electron chi connectivity index (χ3n) is 3.88. The summed E-state index contributed by atoms with van der Waals surface area (Å²) >= 11 is 0. The van der Waals surface area contributed by atoms with Gasteiger partial charge in [0.25, 0.3) is 11.6 Å². The number of rotatable bonds is 6. The van der Waals surface area contributed by atoms with Crippen molar-refractivity contribution >= 4 is 23.3 Å². The summed E-state index contributed by atoms with van der Waals surface area (Å²) < 4.78 is 10.5. The number of nitrogens with one attached hydrogen (secondary N) is 1. The molecule has 1 amide bonds. The van der Waals surface area contributed by atoms with Crippen LogP contribution in [0.3, 0.4) is 0 Å². The normalized spacial score (nSPS) is 10.3. The van der Waals surface area contributed by atoms with Crippen LogP contribution in [-0.4, -0.2) is 23.9 Å². The number of ether oxygens (including phenoxy) is 1. The first-order valence-electron chi connectivity index (χ1n) is 7.94. The number of hydrogen-bond acceptors (Lipinski definition) is 7. The lowest BCUT2D eigenvalue weighted by Crippen LogP contribution is -2.22. The first-order chi connectivity index (χ1) is 13.4. The zero-order chi connectivity index (χ0) is 20.3. The molecule has 9 nitrogen and oxygen atoms in total. The lowest BCUT2D eigenvalue weighted by Gasteiger charge is -2.06. The number of carbonyl (C=O) groups is 2. The number of nitrogens with zero attached hydrogens (tertiary/aromatic N) is 1. The highest BCUT2D eigenvalue weighted by molar-refractivity contribution is 6.02. The van der Waals surface area contributed by atoms with Gasteiger partial charge in [0.2, 0.25) is 0 Å². The molecule has 1 aromatic heterocycles. The van der Waals surface area contributed by atoms with Gasteiger partial charge < -0.3 is 24.4 Å². The van der Waals surface area contributed by atoms with E-state index < -0.39 is 16.8 Å². The van der Waals surface area contributed by atoms with E-state index >= 15 is 0 Å². The van der Waals surface area contributed by atoms with Gasteiger partial charge in [0.05, 0.1) is 29.6 Å². The van der Waals surface area contributed by atoms with Gasteiger partial charge in [-0.05, 0) is 42.0 Å². The Morgan fingerprint density at radius 3 is 2.39 bits per heavy atom. The Hall–Kier alpha value is -4.14. The van der Waals surface area contributed by atoms with Crippen molar-refractivity contribution in [2.75, 3.05) is 12.4 Å². The number of anilines is 1. The van der Waals surface area contributed by atoms with Crippen LogP contribution in [-0.2, 0) is 0 Å². The summed E-state index contributed by atoms with van der Waals surface area (Å²) in [5.41, 5.74) is 0.301. The number of hydrogen-bond donors (Lipinski definition) is 1. The monoisotopic (exact) mass is 381 g/mol. The topological polar surface area (TPSA) is 135 Å². The van der Waals surface area contributed by atoms with Crippen LogP contribution < -0.4 is 15.2 Å². The van der Waals surface area contributed by atoms with Crippen molar-refractivity contribution < 1.29 is 28.8 Å². The second-order valence-corrected chi connectivity index (χ2v) is 5.62. The van der Waals surface area contributed by atoms with Gasteiger partial charge in [0.15, 0.2) is 5.76 Å². The second-order valence-electron chi connectivity index (χ2n) is 5.62. The molecule has 1 heterocycles. The van der Waals surface area contributed by atoms with E-state index in [-0.39, 0.29) is 28.3 Å². The van der Waals surface area contributed by atoms with Gasteiger partial charge in [-0.2, -0.15) is 0 Å². The van der Waals surface area contributed by atoms with Gasteiger partial charge in [-0.25, -0.2) is 0 Å². The standard InChI is InChI=1S/C19H14N2O7/c1-27-13-6-7-14(15(10-13)21(25)26)16-8-9-17(28-16)18(22)20-12-4-2-11(3-5-12)19(23)24/h2-10H,1H3,(H,20,22)(H,23,24)/p-1. The molecule has 2 aromatic carbocycles. The van der Waals surface area contributed by atoms with Gasteiger partial charge in [0.1, 0.15) is 11.5 Å². The third-order valence-corrected chi connectivity index (χ3v) is 3.88. The van der Waals surface area contributed by atoms with Crippen molar-refractivity contribution in [2.45, 2.75) is 0 Å². The minimum absolute atomic E-state index is 0.0231. The predicted molar refractivity (Wildman–Crippen MR) is 96.1 cm³/mol. The number of aromatic carboxylic acids is 1. The quantitative estimate of drug-likeness (QED) is 0.512. The van der Waals surface area contributed by atoms with Crippen LogP contribution in [0.1, 0.15) is 20.9 Å². The Morgan fingerprint density at radius 2 is 1.79 bits per heavy atom. The number of nitro groups is 1. The number of carboxylic acid groups (broad SMARTS) is 1. The van der Waals surface area contributed by atoms with Crippen LogP contribution in [0, 0.1) is 10.1 Å². The molecule has 0 saturated carbocycles. The Balaban J connectivity index is 1.83. The molecule has 0 bridgehead atoms. The number of benzene rings is 2. The Labute approximate surface area is 158 Å². The summed E-state index contributed by atoms with van der Waals surface area (Å²) in [4.78, 5) is 33.8. The first kappa shape index (κ1) is 18.6. The highest BCUT2D eigenvalue weighted by Gasteiger charge is 2.21. The van der Waals surface area contributed by atoms with Gasteiger partial charge >= 0.3 is 0 Å². The fourth-order valence-corrected chi connectivity index (χ4v) is 2.48. The largest absolute Gasteiger partial charge is 0.545 e. The molecule has 1 N–H and O–H groups in total. The van der Waals surface area contributed by atoms with E-state index in [1.165, 1.54) is 55.6 Å². The molecule has 9 heteroatoms. The van der Waals surface area contributed by atoms with Crippen molar-refractivity contribution in [1.29, 1.82) is 0 Å². The first-order valence-corrected chi connectivity index (χ1v) is 7.94. The summed E-state index contributed by atoms with van der Waals surface area (Å²) in [6, 6.07) is 12.5. The van der Waals surface area contributed by atoms with E-state index in [1.807, 2.05) is 0 Å². The fraction of sp³-hybridized carbons (Fsp3) is 0.0526. The van der Waals surface area contributed by atoms with E-state index in [0.29, 0.717) is 11.4 Å². The Kier molecular flexibility index (Phi) is 5.07. The van der Waals surface area contributed by atoms with Gasteiger partial charge in [-0.3, -0.25) is 14.9 Å². The molecule has 0 spiro atoms. The molecule has 0 fully saturated rings. The minimum Gasteiger partial charge on any atom is -0.545 e. The van der Waals surface area contributed by atoms with Crippen LogP contribution in [0.2, 0.25) is 0 Å². The smallest absolute Gasteiger partial charge is 0.291 e. The summed E-state index contributed by atoms with van der Waals surface area (Å²) in [6.45, 7) is 0. The molecule has 0 saturated heterocycles. The third kappa shape index (κ3) is 3.83. The fourth-order valence-electron chi connectivity index (χ4n) is 2.48. The lowest BCUT2D eigenvalue weighted by atomic mass is 10.1. The van der Waals surface area contributed by atoms with E-state index in [9.17, 15) is 24.8 Å². The van der Waals surface area contributed by atoms with E-state index in [2.05, 4.69) is 5.32 Å². The van der Waals surface area contributed by atoms with Crippen LogP contribution >= 0.6 is 0 Å². The summed E-state index contributed by atoms with van der Waals surface area (Å²) in [6.07, 6.45) is 0. The zero-order valence-electron chi connectivity index (χ0n) is 14.5. The second kappa shape index (κ2) is 7.62. The number of furan rings is 1. The molecule has 0 aliphatic carbocycles. The van der Waals surface area contributed by atoms with Crippen LogP contribution in [0.5, 0.6) is 5.75 Å². The van der Waals surface area contributed by atoms with Gasteiger partial charge in [0, 0.05) is 5.69 Å². The Morgan fingerprint density at radius 1 is 1.07 bits per heavy atom. The number of carboxylic acids is 1. The molecule has 0 aliphatic rings. The molecule has 0 atom stereocenters. The highest BCUT2D eigenvalue weighted by Crippen LogP contribution is 2.34. The van der Waals surface area contributed by atoms with E-state index in [4.69, 9.17) is 9.15 Å². The Bertz CT molecular complexity index is 1050. The van der Waals surface area contributed by atoms with Crippen molar-refractivity contribution in [3.8, 4) is 17.1 Å². The molecule has 28 heavy (non-hydrogen) atoms. The average molecular weight is 381 g/mol.